The number of rotatable bonds is 59. The lowest BCUT2D eigenvalue weighted by atomic mass is 10.0. The van der Waals surface area contributed by atoms with Crippen LogP contribution in [0.5, 0.6) is 0 Å². The van der Waals surface area contributed by atoms with E-state index in [2.05, 4.69) is 99.0 Å². The number of nitrogens with zero attached hydrogens (tertiary/aromatic N) is 1. The molecule has 1 N–H and O–H groups in total. The fourth-order valence-electron chi connectivity index (χ4n) is 9.18. The molecule has 0 aromatic carbocycles. The molecule has 0 radical (unpaired) electrons. The van der Waals surface area contributed by atoms with Crippen molar-refractivity contribution in [2.45, 2.75) is 303 Å². The Morgan fingerprint density at radius 3 is 1.18 bits per heavy atom. The van der Waals surface area contributed by atoms with E-state index in [0.717, 1.165) is 122 Å². The van der Waals surface area contributed by atoms with Gasteiger partial charge in [-0.1, -0.05) is 254 Å². The van der Waals surface area contributed by atoms with Gasteiger partial charge < -0.3 is 28.5 Å². The first kappa shape index (κ1) is 76.2. The van der Waals surface area contributed by atoms with Crippen molar-refractivity contribution in [2.75, 3.05) is 40.9 Å². The zero-order valence-electron chi connectivity index (χ0n) is 52.3. The van der Waals surface area contributed by atoms with Crippen LogP contribution in [-0.4, -0.2) is 69.4 Å². The highest BCUT2D eigenvalue weighted by molar-refractivity contribution is 7.45. The number of esters is 1. The third-order valence-electron chi connectivity index (χ3n) is 14.3. The Morgan fingerprint density at radius 1 is 0.443 bits per heavy atom. The topological polar surface area (TPSA) is 114 Å². The summed E-state index contributed by atoms with van der Waals surface area (Å²) in [6.45, 7) is 6.79. The normalized spacial score (nSPS) is 14.2. The highest BCUT2D eigenvalue weighted by Gasteiger charge is 2.27. The van der Waals surface area contributed by atoms with Crippen LogP contribution in [-0.2, 0) is 27.9 Å². The molecule has 3 unspecified atom stereocenters. The second-order valence-corrected chi connectivity index (χ2v) is 24.7. The summed E-state index contributed by atoms with van der Waals surface area (Å²) in [5.74, 6) is -0.561. The number of amides is 1. The number of unbranched alkanes of at least 4 members (excludes halogenated alkanes) is 31. The minimum absolute atomic E-state index is 0.0295. The summed E-state index contributed by atoms with van der Waals surface area (Å²) in [4.78, 5) is 40.1. The minimum atomic E-state index is -4.71. The number of quaternary nitrogens is 1. The summed E-state index contributed by atoms with van der Waals surface area (Å²) in [5.41, 5.74) is 0. The Morgan fingerprint density at radius 2 is 0.772 bits per heavy atom. The molecule has 1 amide bonds. The van der Waals surface area contributed by atoms with E-state index < -0.39 is 26.6 Å². The number of carbonyl (C=O) groups excluding carboxylic acids is 2. The maximum Gasteiger partial charge on any atom is 0.306 e. The Labute approximate surface area is 488 Å². The second kappa shape index (κ2) is 58.4. The van der Waals surface area contributed by atoms with Gasteiger partial charge in [0.25, 0.3) is 7.82 Å². The van der Waals surface area contributed by atoms with E-state index in [9.17, 15) is 19.0 Å². The maximum absolute atomic E-state index is 13.6. The molecule has 0 heterocycles. The Hall–Kier alpha value is -2.81. The second-order valence-electron chi connectivity index (χ2n) is 23.3. The fourth-order valence-corrected chi connectivity index (χ4v) is 9.91. The van der Waals surface area contributed by atoms with Gasteiger partial charge in [0, 0.05) is 12.8 Å². The molecule has 10 heteroatoms. The molecular weight excluding hydrogens is 1000 g/mol. The van der Waals surface area contributed by atoms with E-state index in [1.807, 2.05) is 33.3 Å². The number of hydrogen-bond donors (Lipinski definition) is 1. The third-order valence-corrected chi connectivity index (χ3v) is 15.3. The van der Waals surface area contributed by atoms with E-state index in [1.165, 1.54) is 135 Å². The van der Waals surface area contributed by atoms with Crippen LogP contribution in [0, 0.1) is 0 Å². The molecular formula is C69H125N2O7P. The van der Waals surface area contributed by atoms with E-state index >= 15 is 0 Å². The number of likely N-dealkylation sites (N-methyl/N-ethyl adjacent to an activating group) is 1. The first-order valence-electron chi connectivity index (χ1n) is 32.9. The van der Waals surface area contributed by atoms with E-state index in [0.29, 0.717) is 17.4 Å². The lowest BCUT2D eigenvalue weighted by Crippen LogP contribution is -2.47. The molecule has 0 fully saturated rings. The Kier molecular flexibility index (Phi) is 56.3. The summed E-state index contributed by atoms with van der Waals surface area (Å²) in [7, 11) is 1.17. The highest BCUT2D eigenvalue weighted by atomic mass is 31.2. The quantitative estimate of drug-likeness (QED) is 0.0212. The summed E-state index contributed by atoms with van der Waals surface area (Å²) >= 11 is 0. The van der Waals surface area contributed by atoms with Crippen LogP contribution in [0.25, 0.3) is 0 Å². The van der Waals surface area contributed by atoms with Crippen LogP contribution in [0.1, 0.15) is 290 Å². The lowest BCUT2D eigenvalue weighted by Gasteiger charge is -2.30. The van der Waals surface area contributed by atoms with Gasteiger partial charge in [0.2, 0.25) is 5.91 Å². The van der Waals surface area contributed by atoms with Gasteiger partial charge in [-0.15, -0.1) is 0 Å². The molecule has 0 aromatic heterocycles. The molecule has 0 spiro atoms. The predicted octanol–water partition coefficient (Wildman–Crippen LogP) is 19.9. The van der Waals surface area contributed by atoms with Crippen LogP contribution in [0.4, 0.5) is 0 Å². The van der Waals surface area contributed by atoms with Crippen molar-refractivity contribution in [2.24, 2.45) is 0 Å². The maximum atomic E-state index is 13.6. The average Bonchev–Trinajstić information content (AvgIpc) is 3.41. The van der Waals surface area contributed by atoms with Gasteiger partial charge >= 0.3 is 5.97 Å². The van der Waals surface area contributed by atoms with Gasteiger partial charge in [-0.2, -0.15) is 0 Å². The number of hydrogen-bond acceptors (Lipinski definition) is 7. The first-order valence-corrected chi connectivity index (χ1v) is 34.4. The molecule has 0 aromatic rings. The van der Waals surface area contributed by atoms with Crippen molar-refractivity contribution < 1.29 is 37.3 Å². The van der Waals surface area contributed by atoms with Crippen molar-refractivity contribution in [1.29, 1.82) is 0 Å². The van der Waals surface area contributed by atoms with Crippen molar-refractivity contribution in [3.63, 3.8) is 0 Å². The smallest absolute Gasteiger partial charge is 0.306 e. The zero-order chi connectivity index (χ0) is 57.9. The monoisotopic (exact) mass is 1120 g/mol. The van der Waals surface area contributed by atoms with Crippen LogP contribution in [0.2, 0.25) is 0 Å². The molecule has 458 valence electrons. The van der Waals surface area contributed by atoms with E-state index in [-0.39, 0.29) is 24.9 Å². The minimum Gasteiger partial charge on any atom is -0.756 e. The fraction of sp³-hybridized carbons (Fsp3) is 0.768. The summed E-state index contributed by atoms with van der Waals surface area (Å²) < 4.78 is 30.4. The Bertz CT molecular complexity index is 1630. The molecule has 0 saturated carbocycles. The first-order chi connectivity index (χ1) is 38.4. The number of carbonyl (C=O) groups is 2. The average molecular weight is 1130 g/mol. The van der Waals surface area contributed by atoms with Crippen molar-refractivity contribution >= 4 is 19.7 Å². The molecule has 0 aliphatic heterocycles. The standard InChI is InChI=1S/C69H125N2O7P/c1-7-10-13-16-19-22-25-28-30-32-34-35-37-39-41-44-47-50-53-56-59-62-69(73)78-67(60-57-54-51-48-45-42-27-24-21-18-15-12-9-3)66(65-77-79(74,75)76-64-63-71(4,5)6)70-68(72)61-58-55-52-49-46-43-40-38-36-33-31-29-26-23-20-17-14-11-8-2/h19-20,22-23,28-31,34-36,38,57,60,66-67H,7-18,21,24-27,32-33,37,39-56,58-59,61-65H2,1-6H3,(H-,70,72,74,75)/b22-19-,23-20-,30-28-,31-29-,35-34-,38-36-,60-57+. The summed E-state index contributed by atoms with van der Waals surface area (Å²) in [6.07, 6.45) is 76.8. The third kappa shape index (κ3) is 59.6. The Balaban J connectivity index is 5.27. The van der Waals surface area contributed by atoms with Crippen molar-refractivity contribution in [3.05, 3.63) is 85.1 Å². The summed E-state index contributed by atoms with van der Waals surface area (Å²) in [6, 6.07) is -0.903. The van der Waals surface area contributed by atoms with Crippen LogP contribution in [0.3, 0.4) is 0 Å². The molecule has 0 rings (SSSR count). The van der Waals surface area contributed by atoms with E-state index in [4.69, 9.17) is 13.8 Å². The lowest BCUT2D eigenvalue weighted by molar-refractivity contribution is -0.870. The largest absolute Gasteiger partial charge is 0.756 e. The van der Waals surface area contributed by atoms with Gasteiger partial charge in [-0.3, -0.25) is 14.2 Å². The molecule has 9 nitrogen and oxygen atoms in total. The van der Waals surface area contributed by atoms with Gasteiger partial charge in [0.15, 0.2) is 0 Å². The number of phosphoric acid groups is 1. The van der Waals surface area contributed by atoms with Crippen LogP contribution >= 0.6 is 7.82 Å². The molecule has 0 aliphatic rings. The van der Waals surface area contributed by atoms with Crippen LogP contribution < -0.4 is 10.2 Å². The van der Waals surface area contributed by atoms with Crippen molar-refractivity contribution in [1.82, 2.24) is 5.32 Å². The van der Waals surface area contributed by atoms with E-state index in [1.54, 1.807) is 0 Å². The molecule has 3 atom stereocenters. The molecule has 0 aliphatic carbocycles. The van der Waals surface area contributed by atoms with Gasteiger partial charge in [0.1, 0.15) is 19.3 Å². The number of ether oxygens (including phenoxy) is 1. The molecule has 0 saturated heterocycles. The van der Waals surface area contributed by atoms with Crippen molar-refractivity contribution in [3.8, 4) is 0 Å². The molecule has 0 bridgehead atoms. The highest BCUT2D eigenvalue weighted by Crippen LogP contribution is 2.38. The number of phosphoric ester groups is 1. The van der Waals surface area contributed by atoms with Gasteiger partial charge in [-0.05, 0) is 109 Å². The summed E-state index contributed by atoms with van der Waals surface area (Å²) in [5, 5.41) is 3.03. The number of nitrogens with one attached hydrogen (secondary N) is 1. The SMILES string of the molecule is CCCCC/C=C\C/C=C\C/C=C\CCCCCCCCCCC(=O)OC(/C=C/CCCCCCCCCCCCC)C(COP(=O)([O-])OCC[N+](C)(C)C)NC(=O)CCCCCCCC/C=C\C/C=C\C/C=C\CCCCC. The predicted molar refractivity (Wildman–Crippen MR) is 339 cm³/mol. The molecule has 79 heavy (non-hydrogen) atoms. The zero-order valence-corrected chi connectivity index (χ0v) is 53.2. The van der Waals surface area contributed by atoms with Gasteiger partial charge in [-0.25, -0.2) is 0 Å². The van der Waals surface area contributed by atoms with Gasteiger partial charge in [0.05, 0.1) is 33.8 Å². The van der Waals surface area contributed by atoms with Crippen LogP contribution in [0.15, 0.2) is 85.1 Å². The number of allylic oxidation sites excluding steroid dienone is 13.